The first-order valence-electron chi connectivity index (χ1n) is 9.13. The summed E-state index contributed by atoms with van der Waals surface area (Å²) < 4.78 is 0. The number of carbonyl (C=O) groups is 2. The second kappa shape index (κ2) is 9.58. The summed E-state index contributed by atoms with van der Waals surface area (Å²) in [6.07, 6.45) is 3.79. The lowest BCUT2D eigenvalue weighted by Gasteiger charge is -2.35. The number of hydrogen-bond acceptors (Lipinski definition) is 3. The summed E-state index contributed by atoms with van der Waals surface area (Å²) in [6.45, 7) is 4.32. The van der Waals surface area contributed by atoms with E-state index in [1.807, 2.05) is 0 Å². The molecule has 0 radical (unpaired) electrons. The van der Waals surface area contributed by atoms with E-state index in [1.165, 1.54) is 0 Å². The maximum atomic E-state index is 12.7. The van der Waals surface area contributed by atoms with Crippen LogP contribution in [0.25, 0.3) is 0 Å². The minimum Gasteiger partial charge on any atom is -0.352 e. The van der Waals surface area contributed by atoms with Crippen molar-refractivity contribution in [3.63, 3.8) is 0 Å². The zero-order valence-corrected chi connectivity index (χ0v) is 16.6. The summed E-state index contributed by atoms with van der Waals surface area (Å²) >= 11 is 5.89. The van der Waals surface area contributed by atoms with Crippen molar-refractivity contribution in [2.75, 3.05) is 19.6 Å². The van der Waals surface area contributed by atoms with Crippen LogP contribution in [-0.4, -0.2) is 48.4 Å². The molecule has 0 aromatic heterocycles. The lowest BCUT2D eigenvalue weighted by molar-refractivity contribution is -0.127. The van der Waals surface area contributed by atoms with E-state index in [1.54, 1.807) is 29.2 Å². The molecule has 5 nitrogen and oxygen atoms in total. The molecule has 2 aliphatic rings. The van der Waals surface area contributed by atoms with E-state index in [9.17, 15) is 9.59 Å². The van der Waals surface area contributed by atoms with Crippen LogP contribution in [0.4, 0.5) is 0 Å². The Bertz CT molecular complexity index is 624. The molecule has 0 aliphatic carbocycles. The maximum Gasteiger partial charge on any atom is 0.253 e. The largest absolute Gasteiger partial charge is 0.352 e. The van der Waals surface area contributed by atoms with Gasteiger partial charge < -0.3 is 15.5 Å². The molecule has 0 spiro atoms. The molecule has 0 bridgehead atoms. The van der Waals surface area contributed by atoms with Gasteiger partial charge in [-0.3, -0.25) is 9.59 Å². The predicted molar refractivity (Wildman–Crippen MR) is 106 cm³/mol. The smallest absolute Gasteiger partial charge is 0.253 e. The van der Waals surface area contributed by atoms with Gasteiger partial charge in [0.25, 0.3) is 5.91 Å². The molecule has 7 heteroatoms. The average molecular weight is 400 g/mol. The van der Waals surface area contributed by atoms with Crippen molar-refractivity contribution in [3.05, 3.63) is 34.9 Å². The minimum absolute atomic E-state index is 0. The first-order chi connectivity index (χ1) is 12.0. The maximum absolute atomic E-state index is 12.7. The predicted octanol–water partition coefficient (Wildman–Crippen LogP) is 2.87. The molecule has 2 amide bonds. The van der Waals surface area contributed by atoms with E-state index in [-0.39, 0.29) is 36.2 Å². The molecule has 2 saturated heterocycles. The van der Waals surface area contributed by atoms with Crippen molar-refractivity contribution in [1.82, 2.24) is 15.5 Å². The van der Waals surface area contributed by atoms with Crippen molar-refractivity contribution in [1.29, 1.82) is 0 Å². The lowest BCUT2D eigenvalue weighted by atomic mass is 9.94. The van der Waals surface area contributed by atoms with E-state index < -0.39 is 0 Å². The molecule has 3 unspecified atom stereocenters. The van der Waals surface area contributed by atoms with Crippen molar-refractivity contribution < 1.29 is 9.59 Å². The molecular formula is C19H27Cl2N3O2. The molecule has 2 heterocycles. The number of halogens is 2. The topological polar surface area (TPSA) is 61.4 Å². The van der Waals surface area contributed by atoms with Crippen LogP contribution in [0.1, 0.15) is 43.0 Å². The van der Waals surface area contributed by atoms with E-state index in [0.29, 0.717) is 29.7 Å². The van der Waals surface area contributed by atoms with Crippen molar-refractivity contribution in [2.24, 2.45) is 5.92 Å². The zero-order chi connectivity index (χ0) is 17.8. The van der Waals surface area contributed by atoms with Crippen LogP contribution < -0.4 is 10.6 Å². The Hall–Kier alpha value is -1.30. The summed E-state index contributed by atoms with van der Waals surface area (Å²) in [5.41, 5.74) is 0.621. The highest BCUT2D eigenvalue weighted by molar-refractivity contribution is 6.30. The molecule has 2 fully saturated rings. The number of carbonyl (C=O) groups excluding carboxylic acids is 2. The van der Waals surface area contributed by atoms with Crippen LogP contribution in [-0.2, 0) is 4.79 Å². The number of rotatable bonds is 3. The van der Waals surface area contributed by atoms with Crippen LogP contribution in [0.15, 0.2) is 24.3 Å². The summed E-state index contributed by atoms with van der Waals surface area (Å²) in [5.74, 6) is -0.0739. The van der Waals surface area contributed by atoms with Gasteiger partial charge in [0.1, 0.15) is 0 Å². The van der Waals surface area contributed by atoms with Crippen molar-refractivity contribution in [2.45, 2.75) is 44.7 Å². The SMILES string of the molecule is CC1NCCCC1NC(=O)C1CCCN(C(=O)c2ccc(Cl)cc2)C1.Cl. The monoisotopic (exact) mass is 399 g/mol. The third-order valence-corrected chi connectivity index (χ3v) is 5.51. The fraction of sp³-hybridized carbons (Fsp3) is 0.579. The number of likely N-dealkylation sites (tertiary alicyclic amines) is 1. The Morgan fingerprint density at radius 3 is 2.62 bits per heavy atom. The number of nitrogens with zero attached hydrogens (tertiary/aromatic N) is 1. The van der Waals surface area contributed by atoms with Gasteiger partial charge in [-0.25, -0.2) is 0 Å². The molecule has 2 N–H and O–H groups in total. The highest BCUT2D eigenvalue weighted by atomic mass is 35.5. The van der Waals surface area contributed by atoms with Gasteiger partial charge in [-0.1, -0.05) is 11.6 Å². The van der Waals surface area contributed by atoms with Gasteiger partial charge >= 0.3 is 0 Å². The average Bonchev–Trinajstić information content (AvgIpc) is 2.64. The van der Waals surface area contributed by atoms with Gasteiger partial charge in [0, 0.05) is 35.8 Å². The molecular weight excluding hydrogens is 373 g/mol. The Morgan fingerprint density at radius 1 is 1.19 bits per heavy atom. The molecule has 3 atom stereocenters. The van der Waals surface area contributed by atoms with Crippen molar-refractivity contribution >= 4 is 35.8 Å². The Labute approximate surface area is 166 Å². The summed E-state index contributed by atoms with van der Waals surface area (Å²) in [4.78, 5) is 27.1. The number of benzene rings is 1. The van der Waals surface area contributed by atoms with E-state index in [2.05, 4.69) is 17.6 Å². The molecule has 3 rings (SSSR count). The van der Waals surface area contributed by atoms with Gasteiger partial charge in [0.2, 0.25) is 5.91 Å². The number of nitrogens with one attached hydrogen (secondary N) is 2. The quantitative estimate of drug-likeness (QED) is 0.821. The minimum atomic E-state index is -0.126. The first-order valence-corrected chi connectivity index (χ1v) is 9.51. The van der Waals surface area contributed by atoms with E-state index >= 15 is 0 Å². The van der Waals surface area contributed by atoms with Crippen LogP contribution >= 0.6 is 24.0 Å². The molecule has 1 aromatic rings. The van der Waals surface area contributed by atoms with E-state index in [4.69, 9.17) is 11.6 Å². The summed E-state index contributed by atoms with van der Waals surface area (Å²) in [6, 6.07) is 7.41. The second-order valence-electron chi connectivity index (χ2n) is 7.10. The number of hydrogen-bond donors (Lipinski definition) is 2. The van der Waals surface area contributed by atoms with Crippen LogP contribution in [0.3, 0.4) is 0 Å². The molecule has 0 saturated carbocycles. The fourth-order valence-electron chi connectivity index (χ4n) is 3.69. The van der Waals surface area contributed by atoms with Gasteiger partial charge in [-0.05, 0) is 63.4 Å². The second-order valence-corrected chi connectivity index (χ2v) is 7.53. The Balaban J connectivity index is 0.00000243. The van der Waals surface area contributed by atoms with Gasteiger partial charge in [-0.15, -0.1) is 12.4 Å². The van der Waals surface area contributed by atoms with Crippen molar-refractivity contribution in [3.8, 4) is 0 Å². The van der Waals surface area contributed by atoms with Gasteiger partial charge in [0.15, 0.2) is 0 Å². The van der Waals surface area contributed by atoms with Crippen LogP contribution in [0.2, 0.25) is 5.02 Å². The number of piperidine rings is 2. The Morgan fingerprint density at radius 2 is 1.92 bits per heavy atom. The van der Waals surface area contributed by atoms with E-state index in [0.717, 1.165) is 32.2 Å². The van der Waals surface area contributed by atoms with Crippen LogP contribution in [0, 0.1) is 5.92 Å². The standard InChI is InChI=1S/C19H26ClN3O2.ClH/c1-13-17(5-2-10-21-13)22-18(24)15-4-3-11-23(12-15)19(25)14-6-8-16(20)9-7-14;/h6-9,13,15,17,21H,2-5,10-12H2,1H3,(H,22,24);1H. The third-order valence-electron chi connectivity index (χ3n) is 5.26. The molecule has 2 aliphatic heterocycles. The highest BCUT2D eigenvalue weighted by Crippen LogP contribution is 2.20. The Kier molecular flexibility index (Phi) is 7.74. The van der Waals surface area contributed by atoms with Crippen LogP contribution in [0.5, 0.6) is 0 Å². The highest BCUT2D eigenvalue weighted by Gasteiger charge is 2.31. The molecule has 1 aromatic carbocycles. The molecule has 144 valence electrons. The summed E-state index contributed by atoms with van der Waals surface area (Å²) in [7, 11) is 0. The summed E-state index contributed by atoms with van der Waals surface area (Å²) in [5, 5.41) is 7.21. The number of amides is 2. The zero-order valence-electron chi connectivity index (χ0n) is 15.0. The first kappa shape index (κ1) is 21.0. The lowest BCUT2D eigenvalue weighted by Crippen LogP contribution is -2.54. The normalized spacial score (nSPS) is 25.9. The molecule has 26 heavy (non-hydrogen) atoms. The van der Waals surface area contributed by atoms with Gasteiger partial charge in [0.05, 0.1) is 5.92 Å². The van der Waals surface area contributed by atoms with Gasteiger partial charge in [-0.2, -0.15) is 0 Å². The third kappa shape index (κ3) is 5.12. The fourth-order valence-corrected chi connectivity index (χ4v) is 3.82.